The molecule has 0 bridgehead atoms. The summed E-state index contributed by atoms with van der Waals surface area (Å²) >= 11 is 1.26. The normalized spacial score (nSPS) is 15.5. The van der Waals surface area contributed by atoms with Crippen LogP contribution >= 0.6 is 11.3 Å². The Morgan fingerprint density at radius 3 is 2.84 bits per heavy atom. The first-order valence-corrected chi connectivity index (χ1v) is 10.9. The smallest absolute Gasteiger partial charge is 0.293 e. The molecule has 1 aromatic carbocycles. The first-order chi connectivity index (χ1) is 15.2. The summed E-state index contributed by atoms with van der Waals surface area (Å²) in [6, 6.07) is 10.8. The van der Waals surface area contributed by atoms with Crippen molar-refractivity contribution in [2.24, 2.45) is 0 Å². The molecule has 3 heterocycles. The van der Waals surface area contributed by atoms with Gasteiger partial charge < -0.3 is 19.2 Å². The highest BCUT2D eigenvalue weighted by molar-refractivity contribution is 7.14. The van der Waals surface area contributed by atoms with E-state index in [0.717, 1.165) is 30.8 Å². The van der Waals surface area contributed by atoms with Crippen molar-refractivity contribution in [3.8, 4) is 5.75 Å². The van der Waals surface area contributed by atoms with E-state index in [1.807, 2.05) is 24.3 Å². The summed E-state index contributed by atoms with van der Waals surface area (Å²) in [4.78, 5) is 28.5. The summed E-state index contributed by atoms with van der Waals surface area (Å²) in [5.41, 5.74) is 1.57. The fraction of sp³-hybridized carbons (Fsp3) is 0.318. The highest BCUT2D eigenvalue weighted by Crippen LogP contribution is 2.18. The molecule has 0 spiro atoms. The number of amides is 2. The Morgan fingerprint density at radius 2 is 2.10 bits per heavy atom. The minimum absolute atomic E-state index is 0.135. The van der Waals surface area contributed by atoms with Crippen molar-refractivity contribution < 1.29 is 23.5 Å². The van der Waals surface area contributed by atoms with E-state index in [0.29, 0.717) is 24.0 Å². The van der Waals surface area contributed by atoms with E-state index in [-0.39, 0.29) is 30.1 Å². The van der Waals surface area contributed by atoms with Gasteiger partial charge in [-0.2, -0.15) is 0 Å². The third-order valence-electron chi connectivity index (χ3n) is 4.73. The van der Waals surface area contributed by atoms with Crippen LogP contribution in [-0.2, 0) is 22.5 Å². The topological polar surface area (TPSA) is 103 Å². The number of nitrogens with zero attached hydrogens (tertiary/aromatic N) is 1. The molecular weight excluding hydrogens is 418 g/mol. The van der Waals surface area contributed by atoms with Crippen LogP contribution in [0.4, 0.5) is 5.13 Å². The number of hydrogen-bond acceptors (Lipinski definition) is 7. The zero-order valence-electron chi connectivity index (χ0n) is 16.8. The van der Waals surface area contributed by atoms with Gasteiger partial charge in [-0.05, 0) is 42.7 Å². The summed E-state index contributed by atoms with van der Waals surface area (Å²) in [6.07, 6.45) is 3.88. The Morgan fingerprint density at radius 1 is 1.23 bits per heavy atom. The Balaban J connectivity index is 1.19. The van der Waals surface area contributed by atoms with E-state index >= 15 is 0 Å². The predicted octanol–water partition coefficient (Wildman–Crippen LogP) is 3.41. The maximum atomic E-state index is 12.2. The molecule has 8 nitrogen and oxygen atoms in total. The zero-order chi connectivity index (χ0) is 21.5. The molecule has 2 aromatic heterocycles. The van der Waals surface area contributed by atoms with Crippen LogP contribution in [0.15, 0.2) is 52.5 Å². The van der Waals surface area contributed by atoms with Gasteiger partial charge in [-0.15, -0.1) is 11.3 Å². The second kappa shape index (κ2) is 10.2. The van der Waals surface area contributed by atoms with Gasteiger partial charge in [0.05, 0.1) is 24.5 Å². The van der Waals surface area contributed by atoms with E-state index < -0.39 is 0 Å². The number of anilines is 1. The van der Waals surface area contributed by atoms with Crippen LogP contribution in [0.3, 0.4) is 0 Å². The SMILES string of the molecule is O=C(Cc1csc(NC(=O)c2ccco2)n1)NCc1ccc(OCC2CCCO2)cc1. The van der Waals surface area contributed by atoms with Crippen LogP contribution in [0.2, 0.25) is 0 Å². The first-order valence-electron chi connectivity index (χ1n) is 10.0. The molecule has 0 radical (unpaired) electrons. The summed E-state index contributed by atoms with van der Waals surface area (Å²) in [5, 5.41) is 7.70. The van der Waals surface area contributed by atoms with Crippen molar-refractivity contribution in [2.75, 3.05) is 18.5 Å². The van der Waals surface area contributed by atoms with Crippen molar-refractivity contribution >= 4 is 28.3 Å². The van der Waals surface area contributed by atoms with Crippen molar-refractivity contribution in [3.63, 3.8) is 0 Å². The van der Waals surface area contributed by atoms with E-state index in [1.54, 1.807) is 17.5 Å². The number of carbonyl (C=O) groups excluding carboxylic acids is 2. The van der Waals surface area contributed by atoms with E-state index in [2.05, 4.69) is 15.6 Å². The lowest BCUT2D eigenvalue weighted by Crippen LogP contribution is -2.24. The van der Waals surface area contributed by atoms with Gasteiger partial charge in [-0.1, -0.05) is 12.1 Å². The van der Waals surface area contributed by atoms with E-state index in [4.69, 9.17) is 13.9 Å². The summed E-state index contributed by atoms with van der Waals surface area (Å²) in [6.45, 7) is 1.79. The monoisotopic (exact) mass is 441 g/mol. The molecule has 162 valence electrons. The van der Waals surface area contributed by atoms with Crippen LogP contribution < -0.4 is 15.4 Å². The Bertz CT molecular complexity index is 995. The third-order valence-corrected chi connectivity index (χ3v) is 5.54. The van der Waals surface area contributed by atoms with Gasteiger partial charge in [-0.3, -0.25) is 14.9 Å². The van der Waals surface area contributed by atoms with Gasteiger partial charge in [0.1, 0.15) is 12.4 Å². The number of rotatable bonds is 9. The number of hydrogen-bond donors (Lipinski definition) is 2. The molecule has 4 rings (SSSR count). The molecule has 1 unspecified atom stereocenters. The minimum Gasteiger partial charge on any atom is -0.491 e. The molecule has 0 aliphatic carbocycles. The molecule has 9 heteroatoms. The van der Waals surface area contributed by atoms with Crippen LogP contribution in [0.1, 0.15) is 34.7 Å². The molecule has 0 saturated carbocycles. The number of thiazole rings is 1. The van der Waals surface area contributed by atoms with Crippen molar-refractivity contribution in [1.82, 2.24) is 10.3 Å². The maximum Gasteiger partial charge on any atom is 0.293 e. The third kappa shape index (κ3) is 6.16. The van der Waals surface area contributed by atoms with Crippen molar-refractivity contribution in [1.29, 1.82) is 0 Å². The second-order valence-electron chi connectivity index (χ2n) is 7.12. The number of benzene rings is 1. The molecule has 3 aromatic rings. The van der Waals surface area contributed by atoms with Gasteiger partial charge in [-0.25, -0.2) is 4.98 Å². The molecule has 31 heavy (non-hydrogen) atoms. The summed E-state index contributed by atoms with van der Waals surface area (Å²) in [7, 11) is 0. The standard InChI is InChI=1S/C22H23N3O5S/c26-20(11-16-14-31-22(24-16)25-21(27)19-4-2-10-29-19)23-12-15-5-7-17(8-6-15)30-13-18-3-1-9-28-18/h2,4-8,10,14,18H,1,3,9,11-13H2,(H,23,26)(H,24,25,27). The Hall–Kier alpha value is -3.17. The molecular formula is C22H23N3O5S. The lowest BCUT2D eigenvalue weighted by Gasteiger charge is -2.12. The van der Waals surface area contributed by atoms with Crippen molar-refractivity contribution in [2.45, 2.75) is 31.9 Å². The molecule has 1 aliphatic heterocycles. The lowest BCUT2D eigenvalue weighted by atomic mass is 10.2. The predicted molar refractivity (Wildman–Crippen MR) is 115 cm³/mol. The fourth-order valence-electron chi connectivity index (χ4n) is 3.11. The quantitative estimate of drug-likeness (QED) is 0.528. The maximum absolute atomic E-state index is 12.2. The molecule has 1 saturated heterocycles. The van der Waals surface area contributed by atoms with Gasteiger partial charge in [0.25, 0.3) is 5.91 Å². The van der Waals surface area contributed by atoms with Gasteiger partial charge in [0.15, 0.2) is 10.9 Å². The highest BCUT2D eigenvalue weighted by Gasteiger charge is 2.16. The minimum atomic E-state index is -0.376. The van der Waals surface area contributed by atoms with Crippen LogP contribution in [0.25, 0.3) is 0 Å². The molecule has 1 aliphatic rings. The van der Waals surface area contributed by atoms with Gasteiger partial charge in [0, 0.05) is 18.5 Å². The largest absolute Gasteiger partial charge is 0.491 e. The van der Waals surface area contributed by atoms with Gasteiger partial charge >= 0.3 is 0 Å². The van der Waals surface area contributed by atoms with Crippen LogP contribution in [0.5, 0.6) is 5.75 Å². The number of aromatic nitrogens is 1. The second-order valence-corrected chi connectivity index (χ2v) is 7.98. The average molecular weight is 442 g/mol. The zero-order valence-corrected chi connectivity index (χ0v) is 17.7. The summed E-state index contributed by atoms with van der Waals surface area (Å²) in [5.74, 6) is 0.474. The molecule has 1 atom stereocenters. The Kier molecular flexibility index (Phi) is 6.96. The molecule has 1 fully saturated rings. The van der Waals surface area contributed by atoms with Crippen molar-refractivity contribution in [3.05, 3.63) is 65.1 Å². The summed E-state index contributed by atoms with van der Waals surface area (Å²) < 4.78 is 16.3. The highest BCUT2D eigenvalue weighted by atomic mass is 32.1. The Labute approximate surface area is 183 Å². The molecule has 2 amide bonds. The van der Waals surface area contributed by atoms with Gasteiger partial charge in [0.2, 0.25) is 5.91 Å². The number of nitrogens with one attached hydrogen (secondary N) is 2. The van der Waals surface area contributed by atoms with E-state index in [1.165, 1.54) is 17.6 Å². The number of carbonyl (C=O) groups is 2. The van der Waals surface area contributed by atoms with Crippen LogP contribution in [-0.4, -0.2) is 36.1 Å². The van der Waals surface area contributed by atoms with E-state index in [9.17, 15) is 9.59 Å². The first kappa shape index (κ1) is 21.1. The molecule has 2 N–H and O–H groups in total. The van der Waals surface area contributed by atoms with Crippen LogP contribution in [0, 0.1) is 0 Å². The number of ether oxygens (including phenoxy) is 2. The number of furan rings is 1. The fourth-order valence-corrected chi connectivity index (χ4v) is 3.81. The average Bonchev–Trinajstić information content (AvgIpc) is 3.54. The lowest BCUT2D eigenvalue weighted by molar-refractivity contribution is -0.120.